The average molecular weight is 377 g/mol. The molecule has 0 unspecified atom stereocenters. The Morgan fingerprint density at radius 1 is 1.29 bits per heavy atom. The fourth-order valence-electron chi connectivity index (χ4n) is 3.77. The van der Waals surface area contributed by atoms with E-state index in [4.69, 9.17) is 5.73 Å². The summed E-state index contributed by atoms with van der Waals surface area (Å²) in [4.78, 5) is 35.1. The van der Waals surface area contributed by atoms with Crippen molar-refractivity contribution in [2.45, 2.75) is 32.2 Å². The molecule has 28 heavy (non-hydrogen) atoms. The second-order valence-corrected chi connectivity index (χ2v) is 7.11. The molecule has 142 valence electrons. The van der Waals surface area contributed by atoms with E-state index in [1.54, 1.807) is 24.4 Å². The van der Waals surface area contributed by atoms with E-state index in [1.165, 1.54) is 10.5 Å². The molecular weight excluding hydrogens is 358 g/mol. The summed E-state index contributed by atoms with van der Waals surface area (Å²) in [5.74, 6) is -0.948. The first-order valence-corrected chi connectivity index (χ1v) is 9.05. The lowest BCUT2D eigenvalue weighted by molar-refractivity contribution is 0.0694. The third-order valence-corrected chi connectivity index (χ3v) is 5.37. The standard InChI is InChI=1S/C21H19N3O4/c1-11-15(13-4-5-18(23-28)14(8-13)10-22)6-7-24-19(11)16(12-2-3-12)9-17(20(24)25)21(26)27/h4-9,12H,2-3,10,22H2,1H3,(H,26,27). The molecule has 0 atom stereocenters. The minimum atomic E-state index is -1.22. The molecule has 2 aromatic heterocycles. The van der Waals surface area contributed by atoms with Crippen LogP contribution in [-0.2, 0) is 6.54 Å². The molecular formula is C21H19N3O4. The van der Waals surface area contributed by atoms with Crippen LogP contribution in [0.25, 0.3) is 16.6 Å². The molecule has 7 heteroatoms. The number of benzene rings is 1. The predicted octanol–water partition coefficient (Wildman–Crippen LogP) is 3.71. The molecule has 0 radical (unpaired) electrons. The zero-order valence-corrected chi connectivity index (χ0v) is 15.3. The van der Waals surface area contributed by atoms with E-state index in [1.807, 2.05) is 13.0 Å². The first kappa shape index (κ1) is 18.1. The van der Waals surface area contributed by atoms with Gasteiger partial charge in [0.05, 0.1) is 5.52 Å². The van der Waals surface area contributed by atoms with E-state index in [0.29, 0.717) is 11.3 Å². The van der Waals surface area contributed by atoms with Crippen molar-refractivity contribution in [3.8, 4) is 11.1 Å². The minimum absolute atomic E-state index is 0.191. The van der Waals surface area contributed by atoms with Gasteiger partial charge in [-0.3, -0.25) is 9.20 Å². The van der Waals surface area contributed by atoms with Gasteiger partial charge in [0.2, 0.25) is 0 Å². The molecule has 0 amide bonds. The number of hydrogen-bond acceptors (Lipinski definition) is 5. The van der Waals surface area contributed by atoms with Gasteiger partial charge in [-0.1, -0.05) is 6.07 Å². The van der Waals surface area contributed by atoms with Crippen LogP contribution in [0.4, 0.5) is 5.69 Å². The molecule has 3 aromatic rings. The monoisotopic (exact) mass is 377 g/mol. The van der Waals surface area contributed by atoms with Gasteiger partial charge >= 0.3 is 5.97 Å². The number of carbonyl (C=O) groups is 1. The lowest BCUT2D eigenvalue weighted by Crippen LogP contribution is -2.23. The number of pyridine rings is 2. The van der Waals surface area contributed by atoms with E-state index < -0.39 is 11.5 Å². The summed E-state index contributed by atoms with van der Waals surface area (Å²) in [6, 6.07) is 8.58. The number of aromatic nitrogens is 1. The third-order valence-electron chi connectivity index (χ3n) is 5.37. The number of nitrogens with zero attached hydrogens (tertiary/aromatic N) is 2. The van der Waals surface area contributed by atoms with E-state index in [-0.39, 0.29) is 18.0 Å². The molecule has 4 rings (SSSR count). The van der Waals surface area contributed by atoms with Crippen LogP contribution >= 0.6 is 0 Å². The number of nitrogens with two attached hydrogens (primary N) is 1. The van der Waals surface area contributed by atoms with E-state index >= 15 is 0 Å². The molecule has 1 fully saturated rings. The number of carboxylic acids is 1. The Balaban J connectivity index is 2.01. The Kier molecular flexibility index (Phi) is 4.31. The van der Waals surface area contributed by atoms with Crippen molar-refractivity contribution in [2.75, 3.05) is 0 Å². The summed E-state index contributed by atoms with van der Waals surface area (Å²) in [6.07, 6.45) is 3.58. The molecule has 2 heterocycles. The highest BCUT2D eigenvalue weighted by molar-refractivity contribution is 5.89. The number of nitroso groups, excluding NO2 is 1. The molecule has 1 aromatic carbocycles. The van der Waals surface area contributed by atoms with Gasteiger partial charge in [-0.05, 0) is 82.9 Å². The summed E-state index contributed by atoms with van der Waals surface area (Å²) in [5, 5.41) is 12.4. The number of aromatic carboxylic acids is 1. The van der Waals surface area contributed by atoms with Gasteiger partial charge in [-0.15, -0.1) is 4.91 Å². The van der Waals surface area contributed by atoms with Gasteiger partial charge in [0.1, 0.15) is 11.3 Å². The maximum absolute atomic E-state index is 12.7. The molecule has 1 saturated carbocycles. The van der Waals surface area contributed by atoms with Crippen molar-refractivity contribution >= 4 is 17.2 Å². The zero-order chi connectivity index (χ0) is 20.0. The van der Waals surface area contributed by atoms with E-state index in [0.717, 1.165) is 40.6 Å². The highest BCUT2D eigenvalue weighted by Crippen LogP contribution is 2.43. The van der Waals surface area contributed by atoms with Gasteiger partial charge in [0, 0.05) is 12.7 Å². The van der Waals surface area contributed by atoms with Crippen molar-refractivity contribution in [1.29, 1.82) is 0 Å². The molecule has 0 bridgehead atoms. The van der Waals surface area contributed by atoms with E-state index in [2.05, 4.69) is 5.18 Å². The second-order valence-electron chi connectivity index (χ2n) is 7.11. The highest BCUT2D eigenvalue weighted by atomic mass is 16.4. The molecule has 0 saturated heterocycles. The van der Waals surface area contributed by atoms with Crippen LogP contribution in [0.5, 0.6) is 0 Å². The SMILES string of the molecule is Cc1c(-c2ccc(N=O)c(CN)c2)ccn2c(=O)c(C(=O)O)cc(C3CC3)c12. The summed E-state index contributed by atoms with van der Waals surface area (Å²) < 4.78 is 1.43. The minimum Gasteiger partial charge on any atom is -0.477 e. The molecule has 3 N–H and O–H groups in total. The Hall–Kier alpha value is -3.32. The predicted molar refractivity (Wildman–Crippen MR) is 106 cm³/mol. The number of carboxylic acid groups (broad SMARTS) is 1. The lowest BCUT2D eigenvalue weighted by Gasteiger charge is -2.16. The highest BCUT2D eigenvalue weighted by Gasteiger charge is 2.29. The van der Waals surface area contributed by atoms with Crippen LogP contribution in [0.15, 0.2) is 46.5 Å². The number of fused-ring (bicyclic) bond motifs is 1. The molecule has 1 aliphatic rings. The number of hydrogen-bond donors (Lipinski definition) is 2. The van der Waals surface area contributed by atoms with Gasteiger partial charge in [0.15, 0.2) is 0 Å². The van der Waals surface area contributed by atoms with Crippen molar-refractivity contribution < 1.29 is 9.90 Å². The topological polar surface area (TPSA) is 114 Å². The van der Waals surface area contributed by atoms with Crippen molar-refractivity contribution in [3.05, 3.63) is 74.0 Å². The fraction of sp³-hybridized carbons (Fsp3) is 0.238. The van der Waals surface area contributed by atoms with Crippen LogP contribution in [0.3, 0.4) is 0 Å². The van der Waals surface area contributed by atoms with E-state index in [9.17, 15) is 19.6 Å². The normalized spacial score (nSPS) is 13.6. The Labute approximate surface area is 160 Å². The lowest BCUT2D eigenvalue weighted by atomic mass is 9.95. The Morgan fingerprint density at radius 2 is 2.04 bits per heavy atom. The largest absolute Gasteiger partial charge is 0.477 e. The average Bonchev–Trinajstić information content (AvgIpc) is 3.53. The van der Waals surface area contributed by atoms with Crippen LogP contribution < -0.4 is 11.3 Å². The maximum Gasteiger partial charge on any atom is 0.341 e. The Morgan fingerprint density at radius 3 is 2.64 bits per heavy atom. The summed E-state index contributed by atoms with van der Waals surface area (Å²) in [6.45, 7) is 2.11. The first-order valence-electron chi connectivity index (χ1n) is 9.05. The molecule has 7 nitrogen and oxygen atoms in total. The van der Waals surface area contributed by atoms with Crippen molar-refractivity contribution in [1.82, 2.24) is 4.40 Å². The van der Waals surface area contributed by atoms with Gasteiger partial charge in [-0.25, -0.2) is 4.79 Å². The summed E-state index contributed by atoms with van der Waals surface area (Å²) >= 11 is 0. The number of rotatable bonds is 5. The Bertz CT molecular complexity index is 1190. The van der Waals surface area contributed by atoms with Crippen molar-refractivity contribution in [3.63, 3.8) is 0 Å². The number of aryl methyl sites for hydroxylation is 1. The third kappa shape index (κ3) is 2.80. The first-order chi connectivity index (χ1) is 13.5. The molecule has 1 aliphatic carbocycles. The van der Waals surface area contributed by atoms with Gasteiger partial charge in [0.25, 0.3) is 5.56 Å². The summed E-state index contributed by atoms with van der Waals surface area (Å²) in [7, 11) is 0. The zero-order valence-electron chi connectivity index (χ0n) is 15.3. The smallest absolute Gasteiger partial charge is 0.341 e. The van der Waals surface area contributed by atoms with Crippen LogP contribution in [0.1, 0.15) is 45.8 Å². The van der Waals surface area contributed by atoms with Crippen molar-refractivity contribution in [2.24, 2.45) is 10.9 Å². The van der Waals surface area contributed by atoms with Crippen LogP contribution in [-0.4, -0.2) is 15.5 Å². The summed E-state index contributed by atoms with van der Waals surface area (Å²) in [5.41, 5.74) is 10.2. The van der Waals surface area contributed by atoms with Crippen LogP contribution in [0.2, 0.25) is 0 Å². The quantitative estimate of drug-likeness (QED) is 0.658. The van der Waals surface area contributed by atoms with Gasteiger partial charge < -0.3 is 10.8 Å². The second kappa shape index (κ2) is 6.69. The molecule has 0 aliphatic heterocycles. The van der Waals surface area contributed by atoms with Gasteiger partial charge in [-0.2, -0.15) is 0 Å². The van der Waals surface area contributed by atoms with Crippen LogP contribution in [0, 0.1) is 11.8 Å². The maximum atomic E-state index is 12.7. The fourth-order valence-corrected chi connectivity index (χ4v) is 3.77. The molecule has 0 spiro atoms.